The van der Waals surface area contributed by atoms with Crippen LogP contribution in [0.15, 0.2) is 0 Å². The second-order valence-corrected chi connectivity index (χ2v) is 4.41. The second kappa shape index (κ2) is 4.09. The van der Waals surface area contributed by atoms with E-state index in [-0.39, 0.29) is 11.3 Å². The van der Waals surface area contributed by atoms with Gasteiger partial charge in [-0.3, -0.25) is 4.79 Å². The first kappa shape index (κ1) is 10.5. The highest BCUT2D eigenvalue weighted by molar-refractivity contribution is 5.85. The highest BCUT2D eigenvalue weighted by Crippen LogP contribution is 2.45. The molecule has 0 aromatic carbocycles. The molecule has 0 unspecified atom stereocenters. The van der Waals surface area contributed by atoms with E-state index in [1.54, 1.807) is 0 Å². The SMILES string of the molecule is CNCC1(C(=O)NCC(C)C)CC1. The van der Waals surface area contributed by atoms with Gasteiger partial charge in [0.05, 0.1) is 5.41 Å². The smallest absolute Gasteiger partial charge is 0.227 e. The summed E-state index contributed by atoms with van der Waals surface area (Å²) in [5.41, 5.74) is -0.0658. The number of hydrogen-bond donors (Lipinski definition) is 2. The molecule has 1 aliphatic rings. The van der Waals surface area contributed by atoms with Crippen LogP contribution >= 0.6 is 0 Å². The molecule has 0 aromatic heterocycles. The summed E-state index contributed by atoms with van der Waals surface area (Å²) in [4.78, 5) is 11.7. The van der Waals surface area contributed by atoms with E-state index in [1.807, 2.05) is 7.05 Å². The number of carbonyl (C=O) groups excluding carboxylic acids is 1. The number of rotatable bonds is 5. The minimum absolute atomic E-state index is 0.0658. The van der Waals surface area contributed by atoms with Gasteiger partial charge in [-0.1, -0.05) is 13.8 Å². The van der Waals surface area contributed by atoms with Crippen LogP contribution in [0, 0.1) is 11.3 Å². The second-order valence-electron chi connectivity index (χ2n) is 4.41. The van der Waals surface area contributed by atoms with Crippen molar-refractivity contribution in [3.05, 3.63) is 0 Å². The fourth-order valence-electron chi connectivity index (χ4n) is 1.46. The summed E-state index contributed by atoms with van der Waals surface area (Å²) in [6.45, 7) is 5.83. The zero-order chi connectivity index (χ0) is 9.90. The minimum atomic E-state index is -0.0658. The van der Waals surface area contributed by atoms with Gasteiger partial charge in [0, 0.05) is 13.1 Å². The predicted octanol–water partition coefficient (Wildman–Crippen LogP) is 0.758. The summed E-state index contributed by atoms with van der Waals surface area (Å²) in [6, 6.07) is 0. The molecule has 0 saturated heterocycles. The molecule has 0 atom stereocenters. The Hall–Kier alpha value is -0.570. The Morgan fingerprint density at radius 3 is 2.46 bits per heavy atom. The first-order valence-corrected chi connectivity index (χ1v) is 5.03. The van der Waals surface area contributed by atoms with Crippen LogP contribution in [0.4, 0.5) is 0 Å². The van der Waals surface area contributed by atoms with Crippen molar-refractivity contribution >= 4 is 5.91 Å². The molecule has 1 aliphatic carbocycles. The van der Waals surface area contributed by atoms with Crippen LogP contribution in [0.25, 0.3) is 0 Å². The molecule has 1 rings (SSSR count). The lowest BCUT2D eigenvalue weighted by molar-refractivity contribution is -0.126. The van der Waals surface area contributed by atoms with Crippen LogP contribution < -0.4 is 10.6 Å². The van der Waals surface area contributed by atoms with E-state index < -0.39 is 0 Å². The van der Waals surface area contributed by atoms with Gasteiger partial charge in [-0.2, -0.15) is 0 Å². The molecule has 0 aliphatic heterocycles. The maximum absolute atomic E-state index is 11.7. The Morgan fingerprint density at radius 2 is 2.08 bits per heavy atom. The van der Waals surface area contributed by atoms with Gasteiger partial charge in [0.2, 0.25) is 5.91 Å². The molecule has 1 fully saturated rings. The van der Waals surface area contributed by atoms with Gasteiger partial charge in [0.15, 0.2) is 0 Å². The highest BCUT2D eigenvalue weighted by Gasteiger charge is 2.48. The van der Waals surface area contributed by atoms with Crippen molar-refractivity contribution < 1.29 is 4.79 Å². The quantitative estimate of drug-likeness (QED) is 0.662. The number of hydrogen-bond acceptors (Lipinski definition) is 2. The molecule has 76 valence electrons. The molecule has 3 nitrogen and oxygen atoms in total. The van der Waals surface area contributed by atoms with E-state index in [4.69, 9.17) is 0 Å². The summed E-state index contributed by atoms with van der Waals surface area (Å²) >= 11 is 0. The van der Waals surface area contributed by atoms with Crippen molar-refractivity contribution in [3.8, 4) is 0 Å². The first-order valence-electron chi connectivity index (χ1n) is 5.03. The standard InChI is InChI=1S/C10H20N2O/c1-8(2)6-12-9(13)10(4-5-10)7-11-3/h8,11H,4-7H2,1-3H3,(H,12,13). The topological polar surface area (TPSA) is 41.1 Å². The lowest BCUT2D eigenvalue weighted by Crippen LogP contribution is -2.39. The van der Waals surface area contributed by atoms with Crippen LogP contribution in [-0.2, 0) is 4.79 Å². The van der Waals surface area contributed by atoms with Crippen LogP contribution in [0.5, 0.6) is 0 Å². The van der Waals surface area contributed by atoms with E-state index >= 15 is 0 Å². The molecule has 0 bridgehead atoms. The van der Waals surface area contributed by atoms with Gasteiger partial charge < -0.3 is 10.6 Å². The molecule has 3 heteroatoms. The Balaban J connectivity index is 2.30. The molecular formula is C10H20N2O. The molecule has 2 N–H and O–H groups in total. The average molecular weight is 184 g/mol. The zero-order valence-corrected chi connectivity index (χ0v) is 8.81. The van der Waals surface area contributed by atoms with Crippen LogP contribution in [0.1, 0.15) is 26.7 Å². The van der Waals surface area contributed by atoms with E-state index in [0.717, 1.165) is 25.9 Å². The fourth-order valence-corrected chi connectivity index (χ4v) is 1.46. The summed E-state index contributed by atoms with van der Waals surface area (Å²) < 4.78 is 0. The normalized spacial score (nSPS) is 18.8. The summed E-state index contributed by atoms with van der Waals surface area (Å²) in [5.74, 6) is 0.768. The number of nitrogens with one attached hydrogen (secondary N) is 2. The van der Waals surface area contributed by atoms with Gasteiger partial charge in [0.25, 0.3) is 0 Å². The predicted molar refractivity (Wildman–Crippen MR) is 53.4 cm³/mol. The third-order valence-corrected chi connectivity index (χ3v) is 2.52. The zero-order valence-electron chi connectivity index (χ0n) is 8.81. The maximum Gasteiger partial charge on any atom is 0.227 e. The minimum Gasteiger partial charge on any atom is -0.355 e. The Labute approximate surface area is 80.3 Å². The largest absolute Gasteiger partial charge is 0.355 e. The first-order chi connectivity index (χ1) is 6.10. The molecule has 0 heterocycles. The monoisotopic (exact) mass is 184 g/mol. The van der Waals surface area contributed by atoms with Crippen LogP contribution in [0.2, 0.25) is 0 Å². The molecule has 0 aromatic rings. The summed E-state index contributed by atoms with van der Waals surface area (Å²) in [7, 11) is 1.90. The lowest BCUT2D eigenvalue weighted by atomic mass is 10.1. The molecule has 13 heavy (non-hydrogen) atoms. The van der Waals surface area contributed by atoms with Gasteiger partial charge in [0.1, 0.15) is 0 Å². The van der Waals surface area contributed by atoms with Crippen molar-refractivity contribution in [2.45, 2.75) is 26.7 Å². The third kappa shape index (κ3) is 2.69. The van der Waals surface area contributed by atoms with E-state index in [0.29, 0.717) is 5.92 Å². The third-order valence-electron chi connectivity index (χ3n) is 2.52. The van der Waals surface area contributed by atoms with Crippen molar-refractivity contribution in [2.24, 2.45) is 11.3 Å². The lowest BCUT2D eigenvalue weighted by Gasteiger charge is -2.15. The number of amides is 1. The van der Waals surface area contributed by atoms with Crippen molar-refractivity contribution in [1.29, 1.82) is 0 Å². The van der Waals surface area contributed by atoms with E-state index in [9.17, 15) is 4.79 Å². The van der Waals surface area contributed by atoms with Crippen LogP contribution in [-0.4, -0.2) is 26.0 Å². The Morgan fingerprint density at radius 1 is 1.46 bits per heavy atom. The summed E-state index contributed by atoms with van der Waals surface area (Å²) in [6.07, 6.45) is 2.08. The van der Waals surface area contributed by atoms with E-state index in [1.165, 1.54) is 0 Å². The highest BCUT2D eigenvalue weighted by atomic mass is 16.2. The molecular weight excluding hydrogens is 164 g/mol. The number of carbonyl (C=O) groups is 1. The Bertz CT molecular complexity index is 185. The molecule has 0 radical (unpaired) electrons. The average Bonchev–Trinajstić information content (AvgIpc) is 2.82. The molecule has 0 spiro atoms. The molecule has 1 amide bonds. The maximum atomic E-state index is 11.7. The van der Waals surface area contributed by atoms with Gasteiger partial charge in [-0.15, -0.1) is 0 Å². The fraction of sp³-hybridized carbons (Fsp3) is 0.900. The Kier molecular flexibility index (Phi) is 3.31. The summed E-state index contributed by atoms with van der Waals surface area (Å²) in [5, 5.41) is 6.07. The molecule has 1 saturated carbocycles. The van der Waals surface area contributed by atoms with Crippen molar-refractivity contribution in [1.82, 2.24) is 10.6 Å². The van der Waals surface area contributed by atoms with Crippen molar-refractivity contribution in [3.63, 3.8) is 0 Å². The van der Waals surface area contributed by atoms with Crippen molar-refractivity contribution in [2.75, 3.05) is 20.1 Å². The van der Waals surface area contributed by atoms with E-state index in [2.05, 4.69) is 24.5 Å². The van der Waals surface area contributed by atoms with Crippen LogP contribution in [0.3, 0.4) is 0 Å². The van der Waals surface area contributed by atoms with Gasteiger partial charge in [-0.25, -0.2) is 0 Å². The van der Waals surface area contributed by atoms with Gasteiger partial charge in [-0.05, 0) is 25.8 Å². The van der Waals surface area contributed by atoms with Gasteiger partial charge >= 0.3 is 0 Å².